The summed E-state index contributed by atoms with van der Waals surface area (Å²) >= 11 is 0. The van der Waals surface area contributed by atoms with Crippen LogP contribution in [0.1, 0.15) is 36.3 Å². The smallest absolute Gasteiger partial charge is 0.326 e. The van der Waals surface area contributed by atoms with Gasteiger partial charge in [-0.25, -0.2) is 16.1 Å². The summed E-state index contributed by atoms with van der Waals surface area (Å²) in [6.07, 6.45) is 0.766. The number of nitrogens with zero attached hydrogens (tertiary/aromatic N) is 4. The number of carbonyl (C=O) groups excluding carboxylic acids is 2. The number of benzene rings is 2. The van der Waals surface area contributed by atoms with Crippen molar-refractivity contribution in [1.29, 1.82) is 10.5 Å². The number of hydrazine groups is 1. The maximum Gasteiger partial charge on any atom is 0.349 e. The first kappa shape index (κ1) is 25.5. The maximum atomic E-state index is 12.3. The maximum absolute atomic E-state index is 12.3. The number of hydrogen-bond acceptors (Lipinski definition) is 8. The molecule has 0 aliphatic rings. The van der Waals surface area contributed by atoms with E-state index in [0.29, 0.717) is 17.0 Å². The van der Waals surface area contributed by atoms with Crippen LogP contribution in [0.25, 0.3) is 0 Å². The van der Waals surface area contributed by atoms with Gasteiger partial charge in [-0.3, -0.25) is 20.3 Å². The normalized spacial score (nSPS) is 11.4. The lowest BCUT2D eigenvalue weighted by Crippen LogP contribution is -2.38. The number of nitrogens with two attached hydrogens (primary N) is 1. The summed E-state index contributed by atoms with van der Waals surface area (Å²) in [6, 6.07) is 15.8. The van der Waals surface area contributed by atoms with Crippen LogP contribution < -0.4 is 22.0 Å². The molecule has 2 aromatic rings. The molecular formula is C22H22N8O4. The van der Waals surface area contributed by atoms with E-state index in [9.17, 15) is 25.0 Å². The van der Waals surface area contributed by atoms with Crippen LogP contribution in [0.2, 0.25) is 0 Å². The van der Waals surface area contributed by atoms with Crippen LogP contribution >= 0.6 is 0 Å². The highest BCUT2D eigenvalue weighted by Gasteiger charge is 2.19. The highest BCUT2D eigenvalue weighted by Crippen LogP contribution is 2.22. The summed E-state index contributed by atoms with van der Waals surface area (Å²) in [5, 5.41) is 36.0. The zero-order valence-corrected chi connectivity index (χ0v) is 18.0. The summed E-state index contributed by atoms with van der Waals surface area (Å²) < 4.78 is 0. The number of nitrogens with one attached hydrogen (secondary N) is 3. The van der Waals surface area contributed by atoms with Crippen molar-refractivity contribution in [2.75, 3.05) is 5.32 Å². The first-order valence-electron chi connectivity index (χ1n) is 10.1. The van der Waals surface area contributed by atoms with Crippen LogP contribution in [-0.4, -0.2) is 22.6 Å². The Morgan fingerprint density at radius 1 is 1.15 bits per heavy atom. The third-order valence-corrected chi connectivity index (χ3v) is 4.67. The number of urea groups is 1. The van der Waals surface area contributed by atoms with Gasteiger partial charge in [0.25, 0.3) is 5.69 Å². The fourth-order valence-electron chi connectivity index (χ4n) is 3.03. The molecule has 0 aliphatic heterocycles. The van der Waals surface area contributed by atoms with Crippen LogP contribution in [0.3, 0.4) is 0 Å². The number of anilines is 1. The van der Waals surface area contributed by atoms with Gasteiger partial charge in [0.2, 0.25) is 5.91 Å². The number of non-ortho nitro benzene ring substituents is 1. The van der Waals surface area contributed by atoms with Crippen molar-refractivity contribution in [3.8, 4) is 12.1 Å². The van der Waals surface area contributed by atoms with E-state index in [1.54, 1.807) is 24.3 Å². The van der Waals surface area contributed by atoms with Gasteiger partial charge in [-0.05, 0) is 30.0 Å². The van der Waals surface area contributed by atoms with E-state index < -0.39 is 16.9 Å². The lowest BCUT2D eigenvalue weighted by Gasteiger charge is -2.14. The van der Waals surface area contributed by atoms with Gasteiger partial charge in [0.1, 0.15) is 5.92 Å². The molecule has 0 radical (unpaired) electrons. The molecule has 12 heteroatoms. The van der Waals surface area contributed by atoms with E-state index in [0.717, 1.165) is 5.56 Å². The molecule has 12 nitrogen and oxygen atoms in total. The number of nitro groups is 1. The monoisotopic (exact) mass is 462 g/mol. The molecule has 0 saturated carbocycles. The SMILES string of the molecule is N#CCc1ccc([C@@H](C#N)/C(CCCC(=O)Nc2cccc([N+](=O)[O-])c2)=N\NC(=O)NN)cc1. The quantitative estimate of drug-likeness (QED) is 0.137. The zero-order valence-electron chi connectivity index (χ0n) is 18.0. The van der Waals surface area contributed by atoms with Gasteiger partial charge in [0.15, 0.2) is 0 Å². The highest BCUT2D eigenvalue weighted by atomic mass is 16.6. The molecular weight excluding hydrogens is 440 g/mol. The Hall–Kier alpha value is -4.81. The molecule has 2 rings (SSSR count). The van der Waals surface area contributed by atoms with Crippen LogP contribution in [0.4, 0.5) is 16.2 Å². The molecule has 0 aliphatic carbocycles. The van der Waals surface area contributed by atoms with E-state index in [2.05, 4.69) is 21.9 Å². The third-order valence-electron chi connectivity index (χ3n) is 4.67. The fraction of sp³-hybridized carbons (Fsp3) is 0.227. The Balaban J connectivity index is 2.08. The molecule has 0 spiro atoms. The van der Waals surface area contributed by atoms with Crippen molar-refractivity contribution in [1.82, 2.24) is 10.9 Å². The number of hydrazone groups is 1. The molecule has 0 heterocycles. The standard InChI is InChI=1S/C22H22N8O4/c23-12-11-15-7-9-16(10-8-15)19(14-24)20(28-29-22(32)27-25)5-2-6-21(31)26-17-3-1-4-18(13-17)30(33)34/h1,3-4,7-10,13,19H,2,5-6,11,25H2,(H,26,31)(H2,27,29,32)/b28-20-/t19-/m1/s1. The Morgan fingerprint density at radius 3 is 2.50 bits per heavy atom. The number of nitro benzene ring substituents is 1. The second kappa shape index (κ2) is 12.9. The summed E-state index contributed by atoms with van der Waals surface area (Å²) in [4.78, 5) is 34.1. The molecule has 1 atom stereocenters. The number of amides is 3. The van der Waals surface area contributed by atoms with Crippen molar-refractivity contribution in [2.24, 2.45) is 10.9 Å². The fourth-order valence-corrected chi connectivity index (χ4v) is 3.03. The van der Waals surface area contributed by atoms with E-state index >= 15 is 0 Å². The highest BCUT2D eigenvalue weighted by molar-refractivity contribution is 5.95. The third kappa shape index (κ3) is 7.71. The van der Waals surface area contributed by atoms with Crippen LogP contribution in [-0.2, 0) is 11.2 Å². The van der Waals surface area contributed by atoms with Crippen molar-refractivity contribution in [3.63, 3.8) is 0 Å². The Bertz CT molecular complexity index is 1150. The minimum atomic E-state index is -0.811. The molecule has 0 aromatic heterocycles. The summed E-state index contributed by atoms with van der Waals surface area (Å²) in [5.74, 6) is 3.86. The van der Waals surface area contributed by atoms with Gasteiger partial charge in [-0.15, -0.1) is 0 Å². The van der Waals surface area contributed by atoms with Crippen LogP contribution in [0.15, 0.2) is 53.6 Å². The molecule has 0 unspecified atom stereocenters. The second-order valence-corrected chi connectivity index (χ2v) is 7.04. The van der Waals surface area contributed by atoms with Gasteiger partial charge < -0.3 is 5.32 Å². The minimum absolute atomic E-state index is 0.0457. The molecule has 0 fully saturated rings. The number of hydrogen-bond donors (Lipinski definition) is 4. The average molecular weight is 462 g/mol. The molecule has 34 heavy (non-hydrogen) atoms. The first-order chi connectivity index (χ1) is 16.4. The first-order valence-corrected chi connectivity index (χ1v) is 10.1. The van der Waals surface area contributed by atoms with Gasteiger partial charge in [-0.1, -0.05) is 30.3 Å². The summed E-state index contributed by atoms with van der Waals surface area (Å²) in [5.41, 5.74) is 5.93. The van der Waals surface area contributed by atoms with Gasteiger partial charge in [0, 0.05) is 24.2 Å². The number of rotatable bonds is 10. The number of nitriles is 2. The van der Waals surface area contributed by atoms with E-state index in [4.69, 9.17) is 11.1 Å². The molecule has 174 valence electrons. The van der Waals surface area contributed by atoms with Crippen LogP contribution in [0.5, 0.6) is 0 Å². The van der Waals surface area contributed by atoms with Gasteiger partial charge in [-0.2, -0.15) is 15.6 Å². The molecule has 5 N–H and O–H groups in total. The Kier molecular flexibility index (Phi) is 9.66. The largest absolute Gasteiger partial charge is 0.349 e. The van der Waals surface area contributed by atoms with E-state index in [1.807, 2.05) is 11.5 Å². The lowest BCUT2D eigenvalue weighted by atomic mass is 9.91. The predicted molar refractivity (Wildman–Crippen MR) is 123 cm³/mol. The summed E-state index contributed by atoms with van der Waals surface area (Å²) in [6.45, 7) is 0. The van der Waals surface area contributed by atoms with Crippen molar-refractivity contribution in [2.45, 2.75) is 31.6 Å². The van der Waals surface area contributed by atoms with Gasteiger partial charge >= 0.3 is 6.03 Å². The molecule has 3 amide bonds. The lowest BCUT2D eigenvalue weighted by molar-refractivity contribution is -0.384. The van der Waals surface area contributed by atoms with Crippen molar-refractivity contribution < 1.29 is 14.5 Å². The average Bonchev–Trinajstić information content (AvgIpc) is 2.83. The Labute approximate surface area is 195 Å². The topological polar surface area (TPSA) is 199 Å². The zero-order chi connectivity index (χ0) is 24.9. The molecule has 0 saturated heterocycles. The van der Waals surface area contributed by atoms with Crippen molar-refractivity contribution in [3.05, 3.63) is 69.8 Å². The Morgan fingerprint density at radius 2 is 1.88 bits per heavy atom. The molecule has 2 aromatic carbocycles. The molecule has 0 bridgehead atoms. The van der Waals surface area contributed by atoms with E-state index in [-0.39, 0.29) is 37.3 Å². The van der Waals surface area contributed by atoms with Crippen LogP contribution in [0, 0.1) is 32.8 Å². The van der Waals surface area contributed by atoms with E-state index in [1.165, 1.54) is 24.3 Å². The van der Waals surface area contributed by atoms with Gasteiger partial charge in [0.05, 0.1) is 29.2 Å². The predicted octanol–water partition coefficient (Wildman–Crippen LogP) is 2.61. The number of carbonyl (C=O) groups is 2. The summed E-state index contributed by atoms with van der Waals surface area (Å²) in [7, 11) is 0. The van der Waals surface area contributed by atoms with Crippen molar-refractivity contribution >= 4 is 29.0 Å². The minimum Gasteiger partial charge on any atom is -0.326 e. The second-order valence-electron chi connectivity index (χ2n) is 7.04.